The number of hydrogen-bond acceptors (Lipinski definition) is 3. The number of amides is 1. The Morgan fingerprint density at radius 3 is 2.39 bits per heavy atom. The molecule has 5 heteroatoms. The lowest BCUT2D eigenvalue weighted by Gasteiger charge is -2.22. The van der Waals surface area contributed by atoms with E-state index in [0.29, 0.717) is 24.6 Å². The van der Waals surface area contributed by atoms with Crippen LogP contribution in [0.3, 0.4) is 0 Å². The number of carbonyl (C=O) groups excluding carboxylic acids is 1. The molecule has 5 rings (SSSR count). The second-order valence-corrected chi connectivity index (χ2v) is 8.18. The molecule has 31 heavy (non-hydrogen) atoms. The number of anilines is 1. The Kier molecular flexibility index (Phi) is 5.02. The Labute approximate surface area is 182 Å². The first-order chi connectivity index (χ1) is 15.2. The predicted molar refractivity (Wildman–Crippen MR) is 124 cm³/mol. The van der Waals surface area contributed by atoms with Crippen LogP contribution in [0.2, 0.25) is 0 Å². The lowest BCUT2D eigenvalue weighted by molar-refractivity contribution is 0.0989. The van der Waals surface area contributed by atoms with Gasteiger partial charge in [-0.3, -0.25) is 4.79 Å². The molecule has 0 saturated heterocycles. The first-order valence-electron chi connectivity index (χ1n) is 10.9. The molecule has 0 N–H and O–H groups in total. The summed E-state index contributed by atoms with van der Waals surface area (Å²) in [6.07, 6.45) is 2.27. The number of rotatable bonds is 6. The number of benzene rings is 2. The summed E-state index contributed by atoms with van der Waals surface area (Å²) in [7, 11) is 0. The van der Waals surface area contributed by atoms with Crippen LogP contribution in [0.25, 0.3) is 11.0 Å². The molecule has 0 atom stereocenters. The third kappa shape index (κ3) is 3.72. The fourth-order valence-corrected chi connectivity index (χ4v) is 4.19. The number of aryl methyl sites for hydroxylation is 1. The second kappa shape index (κ2) is 7.99. The summed E-state index contributed by atoms with van der Waals surface area (Å²) in [5.74, 6) is 0.452. The first-order valence-corrected chi connectivity index (χ1v) is 10.9. The van der Waals surface area contributed by atoms with Gasteiger partial charge in [-0.25, -0.2) is 9.67 Å². The molecule has 2 aromatic carbocycles. The molecule has 1 aliphatic rings. The minimum Gasteiger partial charge on any atom is -0.309 e. The summed E-state index contributed by atoms with van der Waals surface area (Å²) >= 11 is 0. The van der Waals surface area contributed by atoms with Gasteiger partial charge in [-0.05, 0) is 50.5 Å². The monoisotopic (exact) mass is 410 g/mol. The highest BCUT2D eigenvalue weighted by molar-refractivity contribution is 6.14. The van der Waals surface area contributed by atoms with Crippen LogP contribution in [0.5, 0.6) is 0 Å². The van der Waals surface area contributed by atoms with Crippen LogP contribution in [0, 0.1) is 6.92 Å². The van der Waals surface area contributed by atoms with Crippen molar-refractivity contribution >= 4 is 22.6 Å². The Morgan fingerprint density at radius 2 is 1.74 bits per heavy atom. The molecular formula is C26H26N4O. The van der Waals surface area contributed by atoms with Gasteiger partial charge in [0.2, 0.25) is 0 Å². The average Bonchev–Trinajstić information content (AvgIpc) is 3.60. The number of pyridine rings is 1. The SMILES string of the molecule is CCN(C(=O)c1cc(C2CC2)nc2c1c(C)nn2Cc1ccccc1)c1ccccc1. The van der Waals surface area contributed by atoms with Crippen molar-refractivity contribution in [1.82, 2.24) is 14.8 Å². The van der Waals surface area contributed by atoms with E-state index in [9.17, 15) is 4.79 Å². The smallest absolute Gasteiger partial charge is 0.259 e. The Morgan fingerprint density at radius 1 is 1.06 bits per heavy atom. The van der Waals surface area contributed by atoms with Gasteiger partial charge < -0.3 is 4.90 Å². The molecule has 1 aliphatic carbocycles. The van der Waals surface area contributed by atoms with Crippen LogP contribution in [0.1, 0.15) is 53.0 Å². The third-order valence-electron chi connectivity index (χ3n) is 5.93. The molecule has 0 radical (unpaired) electrons. The number of hydrogen-bond donors (Lipinski definition) is 0. The van der Waals surface area contributed by atoms with Gasteiger partial charge in [0.1, 0.15) is 0 Å². The zero-order valence-corrected chi connectivity index (χ0v) is 18.0. The van der Waals surface area contributed by atoms with Crippen LogP contribution in [0.15, 0.2) is 66.7 Å². The second-order valence-electron chi connectivity index (χ2n) is 8.18. The van der Waals surface area contributed by atoms with Crippen molar-refractivity contribution in [2.45, 2.75) is 39.2 Å². The van der Waals surface area contributed by atoms with Crippen molar-refractivity contribution in [2.75, 3.05) is 11.4 Å². The molecule has 0 bridgehead atoms. The molecule has 5 nitrogen and oxygen atoms in total. The van der Waals surface area contributed by atoms with Crippen LogP contribution < -0.4 is 4.90 Å². The van der Waals surface area contributed by atoms with E-state index < -0.39 is 0 Å². The van der Waals surface area contributed by atoms with Crippen molar-refractivity contribution in [3.05, 3.63) is 89.2 Å². The number of aromatic nitrogens is 3. The van der Waals surface area contributed by atoms with E-state index in [2.05, 4.69) is 12.1 Å². The van der Waals surface area contributed by atoms with E-state index in [1.807, 2.05) is 78.0 Å². The number of fused-ring (bicyclic) bond motifs is 1. The summed E-state index contributed by atoms with van der Waals surface area (Å²) in [5.41, 5.74) is 5.43. The zero-order chi connectivity index (χ0) is 21.4. The average molecular weight is 411 g/mol. The Hall–Kier alpha value is -3.47. The molecular weight excluding hydrogens is 384 g/mol. The summed E-state index contributed by atoms with van der Waals surface area (Å²) in [4.78, 5) is 20.6. The number of para-hydroxylation sites is 1. The van der Waals surface area contributed by atoms with Gasteiger partial charge in [0, 0.05) is 23.8 Å². The van der Waals surface area contributed by atoms with Crippen LogP contribution >= 0.6 is 0 Å². The molecule has 1 amide bonds. The fraction of sp³-hybridized carbons (Fsp3) is 0.269. The standard InChI is InChI=1S/C26H26N4O/c1-3-29(21-12-8-5-9-13-21)26(31)22-16-23(20-14-15-20)27-25-24(22)18(2)28-30(25)17-19-10-6-4-7-11-19/h4-13,16,20H,3,14-15,17H2,1-2H3. The molecule has 4 aromatic rings. The maximum atomic E-state index is 13.8. The zero-order valence-electron chi connectivity index (χ0n) is 18.0. The van der Waals surface area contributed by atoms with Crippen molar-refractivity contribution < 1.29 is 4.79 Å². The van der Waals surface area contributed by atoms with Gasteiger partial charge in [-0.1, -0.05) is 48.5 Å². The summed E-state index contributed by atoms with van der Waals surface area (Å²) in [6.45, 7) is 5.22. The summed E-state index contributed by atoms with van der Waals surface area (Å²) in [5, 5.41) is 5.65. The van der Waals surface area contributed by atoms with Gasteiger partial charge >= 0.3 is 0 Å². The van der Waals surface area contributed by atoms with Gasteiger partial charge in [0.25, 0.3) is 5.91 Å². The lowest BCUT2D eigenvalue weighted by atomic mass is 10.1. The van der Waals surface area contributed by atoms with E-state index in [1.165, 1.54) is 0 Å². The van der Waals surface area contributed by atoms with Crippen molar-refractivity contribution in [3.63, 3.8) is 0 Å². The first kappa shape index (κ1) is 19.5. The van der Waals surface area contributed by atoms with E-state index in [1.54, 1.807) is 0 Å². The van der Waals surface area contributed by atoms with E-state index in [-0.39, 0.29) is 5.91 Å². The highest BCUT2D eigenvalue weighted by atomic mass is 16.2. The highest BCUT2D eigenvalue weighted by Crippen LogP contribution is 2.41. The maximum absolute atomic E-state index is 13.8. The molecule has 156 valence electrons. The minimum atomic E-state index is 0.00496. The maximum Gasteiger partial charge on any atom is 0.259 e. The Bertz CT molecular complexity index is 1230. The molecule has 1 saturated carbocycles. The highest BCUT2D eigenvalue weighted by Gasteiger charge is 2.30. The van der Waals surface area contributed by atoms with Crippen molar-refractivity contribution in [2.24, 2.45) is 0 Å². The normalized spacial score (nSPS) is 13.5. The molecule has 0 unspecified atom stereocenters. The van der Waals surface area contributed by atoms with Gasteiger partial charge in [-0.2, -0.15) is 5.10 Å². The number of carbonyl (C=O) groups is 1. The lowest BCUT2D eigenvalue weighted by Crippen LogP contribution is -2.31. The van der Waals surface area contributed by atoms with E-state index in [4.69, 9.17) is 10.1 Å². The van der Waals surface area contributed by atoms with E-state index in [0.717, 1.165) is 46.5 Å². The topological polar surface area (TPSA) is 51.0 Å². The molecule has 2 aromatic heterocycles. The van der Waals surface area contributed by atoms with E-state index >= 15 is 0 Å². The van der Waals surface area contributed by atoms with Gasteiger partial charge in [0.15, 0.2) is 5.65 Å². The number of nitrogens with zero attached hydrogens (tertiary/aromatic N) is 4. The molecule has 0 aliphatic heterocycles. The third-order valence-corrected chi connectivity index (χ3v) is 5.93. The van der Waals surface area contributed by atoms with Crippen molar-refractivity contribution in [1.29, 1.82) is 0 Å². The fourth-order valence-electron chi connectivity index (χ4n) is 4.19. The van der Waals surface area contributed by atoms with Crippen LogP contribution in [-0.2, 0) is 6.54 Å². The van der Waals surface area contributed by atoms with Crippen LogP contribution in [0.4, 0.5) is 5.69 Å². The summed E-state index contributed by atoms with van der Waals surface area (Å²) < 4.78 is 1.95. The van der Waals surface area contributed by atoms with Crippen LogP contribution in [-0.4, -0.2) is 27.2 Å². The molecule has 2 heterocycles. The predicted octanol–water partition coefficient (Wildman–Crippen LogP) is 5.33. The molecule has 1 fully saturated rings. The van der Waals surface area contributed by atoms with Crippen molar-refractivity contribution in [3.8, 4) is 0 Å². The largest absolute Gasteiger partial charge is 0.309 e. The Balaban J connectivity index is 1.64. The minimum absolute atomic E-state index is 0.00496. The van der Waals surface area contributed by atoms with Gasteiger partial charge in [0.05, 0.1) is 23.2 Å². The summed E-state index contributed by atoms with van der Waals surface area (Å²) in [6, 6.07) is 22.1. The quantitative estimate of drug-likeness (QED) is 0.432. The molecule has 0 spiro atoms. The van der Waals surface area contributed by atoms with Gasteiger partial charge in [-0.15, -0.1) is 0 Å².